The molecule has 9 heteroatoms. The number of halogens is 4. The van der Waals surface area contributed by atoms with E-state index in [0.29, 0.717) is 0 Å². The lowest BCUT2D eigenvalue weighted by Gasteiger charge is -2.10. The highest BCUT2D eigenvalue weighted by atomic mass is 35.7. The smallest absolute Gasteiger partial charge is 0.279 e. The lowest BCUT2D eigenvalue weighted by atomic mass is 10.3. The topological polar surface area (TPSA) is 56.3 Å². The molecule has 16 heavy (non-hydrogen) atoms. The summed E-state index contributed by atoms with van der Waals surface area (Å²) in [4.78, 5) is 3.29. The monoisotopic (exact) mass is 291 g/mol. The van der Waals surface area contributed by atoms with Crippen molar-refractivity contribution in [1.82, 2.24) is 4.98 Å². The zero-order chi connectivity index (χ0) is 12.5. The molecule has 0 aliphatic heterocycles. The van der Waals surface area contributed by atoms with E-state index < -0.39 is 31.1 Å². The Labute approximate surface area is 99.6 Å². The van der Waals surface area contributed by atoms with Crippen LogP contribution in [0.4, 0.5) is 8.78 Å². The van der Waals surface area contributed by atoms with Gasteiger partial charge >= 0.3 is 0 Å². The Hall–Kier alpha value is -0.660. The molecule has 0 saturated carbocycles. The average Bonchev–Trinajstić information content (AvgIpc) is 2.15. The second-order valence-electron chi connectivity index (χ2n) is 2.60. The third kappa shape index (κ3) is 2.53. The molecule has 0 unspecified atom stereocenters. The number of ether oxygens (including phenoxy) is 1. The second kappa shape index (κ2) is 4.68. The Morgan fingerprint density at radius 3 is 2.44 bits per heavy atom. The summed E-state index contributed by atoms with van der Waals surface area (Å²) in [6, 6.07) is 0. The van der Waals surface area contributed by atoms with Crippen LogP contribution in [0.15, 0.2) is 11.2 Å². The maximum absolute atomic E-state index is 12.6. The summed E-state index contributed by atoms with van der Waals surface area (Å²) >= 11 is 5.55. The van der Waals surface area contributed by atoms with Gasteiger partial charge in [-0.15, -0.1) is 0 Å². The second-order valence-corrected chi connectivity index (χ2v) is 5.46. The van der Waals surface area contributed by atoms with Gasteiger partial charge in [0.2, 0.25) is 0 Å². The van der Waals surface area contributed by atoms with Crippen LogP contribution in [0.25, 0.3) is 0 Å². The van der Waals surface area contributed by atoms with E-state index in [-0.39, 0.29) is 5.75 Å². The van der Waals surface area contributed by atoms with Crippen LogP contribution in [0.1, 0.15) is 12.0 Å². The summed E-state index contributed by atoms with van der Waals surface area (Å²) in [7, 11) is 1.75. The molecule has 0 bridgehead atoms. The number of pyridine rings is 1. The van der Waals surface area contributed by atoms with Crippen LogP contribution in [0.2, 0.25) is 5.02 Å². The van der Waals surface area contributed by atoms with Crippen LogP contribution in [0, 0.1) is 0 Å². The first-order chi connectivity index (χ1) is 7.29. The lowest BCUT2D eigenvalue weighted by molar-refractivity contribution is 0.146. The highest BCUT2D eigenvalue weighted by Gasteiger charge is 2.28. The number of hydrogen-bond donors (Lipinski definition) is 0. The fourth-order valence-electron chi connectivity index (χ4n) is 0.996. The van der Waals surface area contributed by atoms with Crippen LogP contribution in [0.3, 0.4) is 0 Å². The highest BCUT2D eigenvalue weighted by molar-refractivity contribution is 8.13. The van der Waals surface area contributed by atoms with E-state index in [1.807, 2.05) is 0 Å². The molecule has 0 aliphatic rings. The third-order valence-corrected chi connectivity index (χ3v) is 3.27. The number of methoxy groups -OCH3 is 1. The minimum atomic E-state index is -4.38. The van der Waals surface area contributed by atoms with E-state index in [0.717, 1.165) is 6.20 Å². The lowest BCUT2D eigenvalue weighted by Crippen LogP contribution is -2.04. The summed E-state index contributed by atoms with van der Waals surface area (Å²) in [6.45, 7) is 0. The van der Waals surface area contributed by atoms with Gasteiger partial charge in [-0.2, -0.15) is 0 Å². The third-order valence-electron chi connectivity index (χ3n) is 1.65. The molecule has 1 aromatic heterocycles. The van der Waals surface area contributed by atoms with Crippen molar-refractivity contribution < 1.29 is 21.9 Å². The summed E-state index contributed by atoms with van der Waals surface area (Å²) in [5.74, 6) is -0.152. The minimum Gasteiger partial charge on any atom is -0.494 e. The molecule has 1 aromatic rings. The Balaban J connectivity index is 3.60. The first-order valence-corrected chi connectivity index (χ1v) is 6.43. The minimum absolute atomic E-state index is 0.152. The quantitative estimate of drug-likeness (QED) is 0.803. The van der Waals surface area contributed by atoms with Crippen LogP contribution >= 0.6 is 22.3 Å². The van der Waals surface area contributed by atoms with Crippen LogP contribution < -0.4 is 4.74 Å². The van der Waals surface area contributed by atoms with E-state index in [4.69, 9.17) is 22.3 Å². The van der Waals surface area contributed by atoms with Crippen LogP contribution in [-0.4, -0.2) is 20.5 Å². The Bertz CT molecular complexity index is 507. The predicted octanol–water partition coefficient (Wildman–Crippen LogP) is 2.61. The molecule has 0 aliphatic carbocycles. The van der Waals surface area contributed by atoms with Gasteiger partial charge in [-0.05, 0) is 0 Å². The normalized spacial score (nSPS) is 11.9. The maximum atomic E-state index is 12.6. The van der Waals surface area contributed by atoms with E-state index in [2.05, 4.69) is 9.72 Å². The highest BCUT2D eigenvalue weighted by Crippen LogP contribution is 2.38. The Morgan fingerprint density at radius 1 is 1.50 bits per heavy atom. The molecule has 0 atom stereocenters. The van der Waals surface area contributed by atoms with Gasteiger partial charge in [-0.1, -0.05) is 11.6 Å². The number of hydrogen-bond acceptors (Lipinski definition) is 4. The molecule has 1 rings (SSSR count). The molecule has 0 N–H and O–H groups in total. The SMILES string of the molecule is COc1cnc(S(=O)(=O)Cl)c(C(F)F)c1Cl. The molecule has 0 amide bonds. The summed E-state index contributed by atoms with van der Waals surface area (Å²) in [5.41, 5.74) is -0.962. The van der Waals surface area contributed by atoms with Gasteiger partial charge in [0, 0.05) is 10.7 Å². The van der Waals surface area contributed by atoms with Crippen molar-refractivity contribution in [1.29, 1.82) is 0 Å². The molecule has 0 radical (unpaired) electrons. The van der Waals surface area contributed by atoms with Crippen molar-refractivity contribution in [3.63, 3.8) is 0 Å². The molecule has 1 heterocycles. The molecule has 0 fully saturated rings. The van der Waals surface area contributed by atoms with E-state index in [9.17, 15) is 17.2 Å². The van der Waals surface area contributed by atoms with E-state index in [1.165, 1.54) is 7.11 Å². The molecule has 0 spiro atoms. The number of rotatable bonds is 3. The van der Waals surface area contributed by atoms with Gasteiger partial charge in [0.15, 0.2) is 10.8 Å². The molecular weight excluding hydrogens is 287 g/mol. The molecule has 0 saturated heterocycles. The molecule has 90 valence electrons. The standard InChI is InChI=1S/C7H5Cl2F2NO3S/c1-15-3-2-12-7(16(9,13)14)4(5(3)8)6(10)11/h2,6H,1H3. The van der Waals surface area contributed by atoms with Crippen molar-refractivity contribution >= 4 is 31.3 Å². The number of aromatic nitrogens is 1. The van der Waals surface area contributed by atoms with Gasteiger partial charge < -0.3 is 4.74 Å². The zero-order valence-electron chi connectivity index (χ0n) is 7.75. The van der Waals surface area contributed by atoms with Crippen LogP contribution in [-0.2, 0) is 9.05 Å². The van der Waals surface area contributed by atoms with Crippen molar-refractivity contribution in [2.45, 2.75) is 11.5 Å². The Morgan fingerprint density at radius 2 is 2.06 bits per heavy atom. The zero-order valence-corrected chi connectivity index (χ0v) is 10.1. The first-order valence-electron chi connectivity index (χ1n) is 3.74. The number of alkyl halides is 2. The first kappa shape index (κ1) is 13.4. The molecule has 0 aromatic carbocycles. The Kier molecular flexibility index (Phi) is 3.92. The summed E-state index contributed by atoms with van der Waals surface area (Å²) in [5, 5.41) is -1.48. The average molecular weight is 292 g/mol. The molecule has 4 nitrogen and oxygen atoms in total. The van der Waals surface area contributed by atoms with E-state index >= 15 is 0 Å². The maximum Gasteiger partial charge on any atom is 0.279 e. The van der Waals surface area contributed by atoms with Crippen molar-refractivity contribution in [3.8, 4) is 5.75 Å². The fourth-order valence-corrected chi connectivity index (χ4v) is 2.35. The van der Waals surface area contributed by atoms with Gasteiger partial charge in [0.1, 0.15) is 0 Å². The van der Waals surface area contributed by atoms with Crippen molar-refractivity contribution in [2.75, 3.05) is 7.11 Å². The number of nitrogens with zero attached hydrogens (tertiary/aromatic N) is 1. The summed E-state index contributed by atoms with van der Waals surface area (Å²) < 4.78 is 51.9. The van der Waals surface area contributed by atoms with Crippen molar-refractivity contribution in [2.24, 2.45) is 0 Å². The molecular formula is C7H5Cl2F2NO3S. The fraction of sp³-hybridized carbons (Fsp3) is 0.286. The summed E-state index contributed by atoms with van der Waals surface area (Å²) in [6.07, 6.45) is -2.22. The van der Waals surface area contributed by atoms with Gasteiger partial charge in [0.25, 0.3) is 15.5 Å². The largest absolute Gasteiger partial charge is 0.494 e. The van der Waals surface area contributed by atoms with Gasteiger partial charge in [-0.3, -0.25) is 0 Å². The van der Waals surface area contributed by atoms with Crippen molar-refractivity contribution in [3.05, 3.63) is 16.8 Å². The van der Waals surface area contributed by atoms with Gasteiger partial charge in [-0.25, -0.2) is 22.2 Å². The van der Waals surface area contributed by atoms with Crippen LogP contribution in [0.5, 0.6) is 5.75 Å². The van der Waals surface area contributed by atoms with E-state index in [1.54, 1.807) is 0 Å². The van der Waals surface area contributed by atoms with Gasteiger partial charge in [0.05, 0.1) is 23.9 Å². The predicted molar refractivity (Wildman–Crippen MR) is 53.8 cm³/mol.